The number of aliphatic carboxylic acids is 1. The Morgan fingerprint density at radius 3 is 2.73 bits per heavy atom. The Labute approximate surface area is 90.9 Å². The maximum atomic E-state index is 10.6. The summed E-state index contributed by atoms with van der Waals surface area (Å²) in [6.45, 7) is 6.63. The van der Waals surface area contributed by atoms with Crippen LogP contribution in [0.4, 0.5) is 0 Å². The number of nitrogens with zero attached hydrogens (tertiary/aromatic N) is 2. The molecule has 1 N–H and O–H groups in total. The van der Waals surface area contributed by atoms with E-state index in [1.165, 1.54) is 25.9 Å². The summed E-state index contributed by atoms with van der Waals surface area (Å²) in [5, 5.41) is 8.74. The van der Waals surface area contributed by atoms with Crippen LogP contribution in [0.2, 0.25) is 0 Å². The van der Waals surface area contributed by atoms with E-state index in [4.69, 9.17) is 5.11 Å². The number of carboxylic acid groups (broad SMARTS) is 1. The van der Waals surface area contributed by atoms with Gasteiger partial charge in [-0.2, -0.15) is 0 Å². The molecule has 2 atom stereocenters. The van der Waals surface area contributed by atoms with E-state index in [-0.39, 0.29) is 12.5 Å². The van der Waals surface area contributed by atoms with E-state index in [1.54, 1.807) is 0 Å². The van der Waals surface area contributed by atoms with E-state index < -0.39 is 5.97 Å². The van der Waals surface area contributed by atoms with Crippen molar-refractivity contribution in [1.29, 1.82) is 0 Å². The highest BCUT2D eigenvalue weighted by atomic mass is 16.4. The molecule has 0 aromatic rings. The molecule has 0 bridgehead atoms. The Morgan fingerprint density at radius 2 is 2.20 bits per heavy atom. The molecule has 0 radical (unpaired) electrons. The van der Waals surface area contributed by atoms with Gasteiger partial charge in [0.2, 0.25) is 0 Å². The van der Waals surface area contributed by atoms with Crippen molar-refractivity contribution < 1.29 is 9.90 Å². The second-order valence-corrected chi connectivity index (χ2v) is 4.77. The Hall–Kier alpha value is -0.610. The van der Waals surface area contributed by atoms with Crippen molar-refractivity contribution in [2.24, 2.45) is 0 Å². The third kappa shape index (κ3) is 2.49. The highest BCUT2D eigenvalue weighted by Crippen LogP contribution is 2.22. The number of rotatable bonds is 4. The normalized spacial score (nSPS) is 30.1. The van der Waals surface area contributed by atoms with Crippen LogP contribution < -0.4 is 0 Å². The molecule has 2 heterocycles. The lowest BCUT2D eigenvalue weighted by Gasteiger charge is -2.36. The highest BCUT2D eigenvalue weighted by molar-refractivity contribution is 5.67. The molecule has 2 unspecified atom stereocenters. The summed E-state index contributed by atoms with van der Waals surface area (Å²) >= 11 is 0. The molecule has 2 fully saturated rings. The van der Waals surface area contributed by atoms with Crippen LogP contribution in [-0.4, -0.2) is 59.1 Å². The van der Waals surface area contributed by atoms with Crippen molar-refractivity contribution in [1.82, 2.24) is 9.80 Å². The zero-order valence-electron chi connectivity index (χ0n) is 9.35. The first kappa shape index (κ1) is 10.9. The van der Waals surface area contributed by atoms with Crippen LogP contribution in [0.1, 0.15) is 26.2 Å². The standard InChI is InChI=1S/C11H20N2O2/c1-9(7-11(14)15)13-6-3-10(8-13)12-4-2-5-12/h9-10H,2-8H2,1H3,(H,14,15). The van der Waals surface area contributed by atoms with Gasteiger partial charge in [0.15, 0.2) is 0 Å². The number of carbonyl (C=O) groups is 1. The second-order valence-electron chi connectivity index (χ2n) is 4.77. The van der Waals surface area contributed by atoms with Crippen molar-refractivity contribution in [3.8, 4) is 0 Å². The number of carboxylic acids is 1. The quantitative estimate of drug-likeness (QED) is 0.742. The molecule has 0 spiro atoms. The van der Waals surface area contributed by atoms with Gasteiger partial charge in [-0.15, -0.1) is 0 Å². The van der Waals surface area contributed by atoms with Crippen molar-refractivity contribution in [3.63, 3.8) is 0 Å². The second kappa shape index (κ2) is 4.49. The van der Waals surface area contributed by atoms with E-state index in [9.17, 15) is 4.79 Å². The van der Waals surface area contributed by atoms with Gasteiger partial charge in [-0.25, -0.2) is 0 Å². The summed E-state index contributed by atoms with van der Waals surface area (Å²) in [5.74, 6) is -0.685. The van der Waals surface area contributed by atoms with Gasteiger partial charge in [0.05, 0.1) is 6.42 Å². The highest BCUT2D eigenvalue weighted by Gasteiger charge is 2.32. The van der Waals surface area contributed by atoms with E-state index in [0.717, 1.165) is 13.1 Å². The molecule has 0 aliphatic carbocycles. The number of likely N-dealkylation sites (tertiary alicyclic amines) is 2. The predicted molar refractivity (Wildman–Crippen MR) is 57.9 cm³/mol. The largest absolute Gasteiger partial charge is 0.481 e. The van der Waals surface area contributed by atoms with Crippen LogP contribution in [0.5, 0.6) is 0 Å². The van der Waals surface area contributed by atoms with Gasteiger partial charge in [0.25, 0.3) is 0 Å². The van der Waals surface area contributed by atoms with E-state index >= 15 is 0 Å². The molecular formula is C11H20N2O2. The fourth-order valence-corrected chi connectivity index (χ4v) is 2.55. The lowest BCUT2D eigenvalue weighted by atomic mass is 10.1. The van der Waals surface area contributed by atoms with E-state index in [2.05, 4.69) is 9.80 Å². The molecule has 15 heavy (non-hydrogen) atoms. The Balaban J connectivity index is 1.78. The van der Waals surface area contributed by atoms with Crippen LogP contribution in [0.3, 0.4) is 0 Å². The van der Waals surface area contributed by atoms with Crippen molar-refractivity contribution in [2.45, 2.75) is 38.3 Å². The average molecular weight is 212 g/mol. The van der Waals surface area contributed by atoms with E-state index in [1.807, 2.05) is 6.92 Å². The topological polar surface area (TPSA) is 43.8 Å². The third-order valence-corrected chi connectivity index (χ3v) is 3.70. The minimum atomic E-state index is -0.685. The van der Waals surface area contributed by atoms with Gasteiger partial charge < -0.3 is 5.11 Å². The molecule has 0 aromatic heterocycles. The fraction of sp³-hybridized carbons (Fsp3) is 0.909. The molecular weight excluding hydrogens is 192 g/mol. The third-order valence-electron chi connectivity index (χ3n) is 3.70. The Bertz CT molecular complexity index is 241. The zero-order chi connectivity index (χ0) is 10.8. The van der Waals surface area contributed by atoms with Gasteiger partial charge in [-0.1, -0.05) is 0 Å². The maximum Gasteiger partial charge on any atom is 0.304 e. The molecule has 4 nitrogen and oxygen atoms in total. The maximum absolute atomic E-state index is 10.6. The van der Waals surface area contributed by atoms with Gasteiger partial charge >= 0.3 is 5.97 Å². The average Bonchev–Trinajstić information content (AvgIpc) is 2.48. The fourth-order valence-electron chi connectivity index (χ4n) is 2.55. The molecule has 0 saturated carbocycles. The molecule has 0 aromatic carbocycles. The Morgan fingerprint density at radius 1 is 1.47 bits per heavy atom. The zero-order valence-corrected chi connectivity index (χ0v) is 9.35. The molecule has 86 valence electrons. The molecule has 4 heteroatoms. The number of hydrogen-bond donors (Lipinski definition) is 1. The summed E-state index contributed by atoms with van der Waals surface area (Å²) in [4.78, 5) is 15.4. The van der Waals surface area contributed by atoms with Crippen LogP contribution in [-0.2, 0) is 4.79 Å². The van der Waals surface area contributed by atoms with Crippen LogP contribution >= 0.6 is 0 Å². The van der Waals surface area contributed by atoms with Crippen LogP contribution in [0, 0.1) is 0 Å². The summed E-state index contributed by atoms with van der Waals surface area (Å²) in [6, 6.07) is 0.878. The molecule has 2 aliphatic rings. The smallest absolute Gasteiger partial charge is 0.304 e. The van der Waals surface area contributed by atoms with Crippen LogP contribution in [0.15, 0.2) is 0 Å². The van der Waals surface area contributed by atoms with Crippen molar-refractivity contribution in [2.75, 3.05) is 26.2 Å². The SMILES string of the molecule is CC(CC(=O)O)N1CCC(N2CCC2)C1. The number of hydrogen-bond acceptors (Lipinski definition) is 3. The van der Waals surface area contributed by atoms with Gasteiger partial charge in [-0.05, 0) is 32.9 Å². The first-order valence-electron chi connectivity index (χ1n) is 5.86. The van der Waals surface area contributed by atoms with Crippen molar-refractivity contribution in [3.05, 3.63) is 0 Å². The van der Waals surface area contributed by atoms with Gasteiger partial charge in [0.1, 0.15) is 0 Å². The minimum Gasteiger partial charge on any atom is -0.481 e. The molecule has 2 saturated heterocycles. The monoisotopic (exact) mass is 212 g/mol. The summed E-state index contributed by atoms with van der Waals surface area (Å²) in [7, 11) is 0. The first-order valence-corrected chi connectivity index (χ1v) is 5.86. The lowest BCUT2D eigenvalue weighted by molar-refractivity contribution is -0.138. The molecule has 0 amide bonds. The summed E-state index contributed by atoms with van der Waals surface area (Å²) < 4.78 is 0. The van der Waals surface area contributed by atoms with Gasteiger partial charge in [0, 0.05) is 25.2 Å². The summed E-state index contributed by atoms with van der Waals surface area (Å²) in [6.07, 6.45) is 2.82. The van der Waals surface area contributed by atoms with Crippen LogP contribution in [0.25, 0.3) is 0 Å². The first-order chi connectivity index (χ1) is 7.16. The molecule has 2 rings (SSSR count). The summed E-state index contributed by atoms with van der Waals surface area (Å²) in [5.41, 5.74) is 0. The lowest BCUT2D eigenvalue weighted by Crippen LogP contribution is -2.47. The minimum absolute atomic E-state index is 0.189. The van der Waals surface area contributed by atoms with Crippen molar-refractivity contribution >= 4 is 5.97 Å². The Kier molecular flexibility index (Phi) is 3.26. The van der Waals surface area contributed by atoms with E-state index in [0.29, 0.717) is 6.04 Å². The van der Waals surface area contributed by atoms with Gasteiger partial charge in [-0.3, -0.25) is 14.6 Å². The molecule has 2 aliphatic heterocycles. The predicted octanol–water partition coefficient (Wildman–Crippen LogP) is 0.630.